The van der Waals surface area contributed by atoms with Crippen molar-refractivity contribution in [3.63, 3.8) is 0 Å². The second kappa shape index (κ2) is 3.58. The Balaban J connectivity index is 2.85. The van der Waals surface area contributed by atoms with Gasteiger partial charge in [-0.3, -0.25) is 0 Å². The molecule has 0 fully saturated rings. The van der Waals surface area contributed by atoms with Crippen LogP contribution in [-0.4, -0.2) is 13.4 Å². The van der Waals surface area contributed by atoms with Crippen LogP contribution in [0, 0.1) is 0 Å². The second-order valence-electron chi connectivity index (χ2n) is 3.26. The number of nitrogens with two attached hydrogens (primary N) is 2. The van der Waals surface area contributed by atoms with Crippen molar-refractivity contribution in [3.05, 3.63) is 29.3 Å². The van der Waals surface area contributed by atoms with E-state index in [1.165, 1.54) is 12.1 Å². The largest absolute Gasteiger partial charge is 0.398 e. The van der Waals surface area contributed by atoms with Gasteiger partial charge in [-0.2, -0.15) is 0 Å². The molecule has 0 aliphatic heterocycles. The summed E-state index contributed by atoms with van der Waals surface area (Å²) < 4.78 is 22.3. The molecule has 0 aliphatic carbocycles. The van der Waals surface area contributed by atoms with Crippen molar-refractivity contribution in [1.82, 2.24) is 4.98 Å². The van der Waals surface area contributed by atoms with Gasteiger partial charge in [0.05, 0.1) is 5.52 Å². The van der Waals surface area contributed by atoms with Crippen molar-refractivity contribution in [3.8, 4) is 0 Å². The van der Waals surface area contributed by atoms with E-state index in [4.69, 9.17) is 22.5 Å². The predicted octanol–water partition coefficient (Wildman–Crippen LogP) is 1.12. The maximum atomic E-state index is 11.1. The summed E-state index contributed by atoms with van der Waals surface area (Å²) in [5.74, 6) is 0. The molecule has 0 radical (unpaired) electrons. The maximum Gasteiger partial charge on any atom is 0.255 e. The first-order valence-electron chi connectivity index (χ1n) is 4.26. The number of hydrogen-bond donors (Lipinski definition) is 2. The van der Waals surface area contributed by atoms with Crippen LogP contribution in [0.5, 0.6) is 0 Å². The molecule has 0 aliphatic rings. The normalized spacial score (nSPS) is 11.9. The minimum atomic E-state index is -3.86. The molecule has 84 valence electrons. The van der Waals surface area contributed by atoms with E-state index in [0.29, 0.717) is 21.6 Å². The lowest BCUT2D eigenvalue weighted by Gasteiger charge is -2.04. The van der Waals surface area contributed by atoms with Gasteiger partial charge in [0.2, 0.25) is 0 Å². The average molecular weight is 258 g/mol. The van der Waals surface area contributed by atoms with E-state index in [0.717, 1.165) is 0 Å². The van der Waals surface area contributed by atoms with Gasteiger partial charge in [0, 0.05) is 22.2 Å². The number of nitrogen functional groups attached to an aromatic ring is 1. The third kappa shape index (κ3) is 1.95. The van der Waals surface area contributed by atoms with Crippen LogP contribution in [-0.2, 0) is 10.0 Å². The van der Waals surface area contributed by atoms with Gasteiger partial charge in [0.1, 0.15) is 0 Å². The maximum absolute atomic E-state index is 11.1. The number of anilines is 1. The molecule has 1 heterocycles. The molecular formula is C9H8ClN3O2S. The number of aromatic nitrogens is 1. The Bertz CT molecular complexity index is 670. The topological polar surface area (TPSA) is 99.1 Å². The second-order valence-corrected chi connectivity index (χ2v) is 5.20. The first-order chi connectivity index (χ1) is 7.38. The van der Waals surface area contributed by atoms with Crippen molar-refractivity contribution in [2.75, 3.05) is 5.73 Å². The summed E-state index contributed by atoms with van der Waals surface area (Å²) in [5, 5.41) is 5.80. The summed E-state index contributed by atoms with van der Waals surface area (Å²) in [4.78, 5) is 3.89. The van der Waals surface area contributed by atoms with Crippen LogP contribution in [0.25, 0.3) is 10.9 Å². The molecule has 1 aromatic heterocycles. The fourth-order valence-corrected chi connectivity index (χ4v) is 2.03. The molecule has 1 aromatic carbocycles. The van der Waals surface area contributed by atoms with Crippen molar-refractivity contribution in [1.29, 1.82) is 0 Å². The highest BCUT2D eigenvalue weighted by atomic mass is 35.5. The lowest BCUT2D eigenvalue weighted by Crippen LogP contribution is -2.14. The molecule has 4 N–H and O–H groups in total. The van der Waals surface area contributed by atoms with E-state index in [1.54, 1.807) is 12.1 Å². The number of primary sulfonamides is 1. The Morgan fingerprint density at radius 1 is 1.25 bits per heavy atom. The molecule has 0 spiro atoms. The third-order valence-electron chi connectivity index (χ3n) is 2.07. The molecular weight excluding hydrogens is 250 g/mol. The van der Waals surface area contributed by atoms with Gasteiger partial charge >= 0.3 is 0 Å². The molecule has 2 aromatic rings. The van der Waals surface area contributed by atoms with Crippen molar-refractivity contribution < 1.29 is 8.42 Å². The van der Waals surface area contributed by atoms with E-state index >= 15 is 0 Å². The highest BCUT2D eigenvalue weighted by Gasteiger charge is 2.12. The van der Waals surface area contributed by atoms with Gasteiger partial charge in [-0.25, -0.2) is 18.5 Å². The minimum Gasteiger partial charge on any atom is -0.398 e. The zero-order valence-electron chi connectivity index (χ0n) is 8.01. The molecule has 0 saturated heterocycles. The monoisotopic (exact) mass is 257 g/mol. The first kappa shape index (κ1) is 11.1. The highest BCUT2D eigenvalue weighted by Crippen LogP contribution is 2.24. The molecule has 0 saturated carbocycles. The van der Waals surface area contributed by atoms with Gasteiger partial charge in [0.25, 0.3) is 10.0 Å². The van der Waals surface area contributed by atoms with E-state index in [-0.39, 0.29) is 5.03 Å². The molecule has 0 unspecified atom stereocenters. The van der Waals surface area contributed by atoms with Crippen LogP contribution < -0.4 is 10.9 Å². The van der Waals surface area contributed by atoms with Gasteiger partial charge in [-0.15, -0.1) is 0 Å². The number of benzene rings is 1. The Hall–Kier alpha value is -1.37. The van der Waals surface area contributed by atoms with Crippen LogP contribution >= 0.6 is 11.6 Å². The number of sulfonamides is 1. The number of pyridine rings is 1. The Kier molecular flexibility index (Phi) is 2.49. The molecule has 7 heteroatoms. The van der Waals surface area contributed by atoms with Crippen LogP contribution in [0.15, 0.2) is 29.3 Å². The number of hydrogen-bond acceptors (Lipinski definition) is 4. The average Bonchev–Trinajstić information content (AvgIpc) is 2.15. The van der Waals surface area contributed by atoms with Crippen LogP contribution in [0.2, 0.25) is 5.02 Å². The van der Waals surface area contributed by atoms with E-state index < -0.39 is 10.0 Å². The first-order valence-corrected chi connectivity index (χ1v) is 6.19. The summed E-state index contributed by atoms with van der Waals surface area (Å²) >= 11 is 5.78. The SMILES string of the molecule is Nc1cc(S(N)(=O)=O)nc2cc(Cl)ccc12. The summed E-state index contributed by atoms with van der Waals surface area (Å²) in [7, 11) is -3.86. The van der Waals surface area contributed by atoms with E-state index in [9.17, 15) is 8.42 Å². The number of rotatable bonds is 1. The Labute approximate surface area is 97.1 Å². The molecule has 5 nitrogen and oxygen atoms in total. The molecule has 16 heavy (non-hydrogen) atoms. The van der Waals surface area contributed by atoms with Crippen molar-refractivity contribution in [2.24, 2.45) is 5.14 Å². The van der Waals surface area contributed by atoms with E-state index in [1.807, 2.05) is 0 Å². The zero-order chi connectivity index (χ0) is 11.9. The smallest absolute Gasteiger partial charge is 0.255 e. The molecule has 0 atom stereocenters. The zero-order valence-corrected chi connectivity index (χ0v) is 9.59. The summed E-state index contributed by atoms with van der Waals surface area (Å²) in [6.45, 7) is 0. The van der Waals surface area contributed by atoms with Crippen LogP contribution in [0.4, 0.5) is 5.69 Å². The third-order valence-corrected chi connectivity index (χ3v) is 3.10. The fraction of sp³-hybridized carbons (Fsp3) is 0. The number of fused-ring (bicyclic) bond motifs is 1. The van der Waals surface area contributed by atoms with Gasteiger partial charge in [-0.05, 0) is 18.2 Å². The number of nitrogens with zero attached hydrogens (tertiary/aromatic N) is 1. The van der Waals surface area contributed by atoms with Crippen molar-refractivity contribution >= 4 is 38.2 Å². The quantitative estimate of drug-likeness (QED) is 0.800. The lowest BCUT2D eigenvalue weighted by atomic mass is 10.2. The number of halogens is 1. The summed E-state index contributed by atoms with van der Waals surface area (Å²) in [6.07, 6.45) is 0. The van der Waals surface area contributed by atoms with Crippen molar-refractivity contribution in [2.45, 2.75) is 5.03 Å². The fourth-order valence-electron chi connectivity index (χ4n) is 1.35. The standard InChI is InChI=1S/C9H8ClN3O2S/c10-5-1-2-6-7(11)4-9(16(12,14)15)13-8(6)3-5/h1-4H,(H2,11,13)(H2,12,14,15). The highest BCUT2D eigenvalue weighted by molar-refractivity contribution is 7.89. The molecule has 0 bridgehead atoms. The molecule has 0 amide bonds. The predicted molar refractivity (Wildman–Crippen MR) is 62.5 cm³/mol. The summed E-state index contributed by atoms with van der Waals surface area (Å²) in [5.41, 5.74) is 6.40. The van der Waals surface area contributed by atoms with Gasteiger partial charge in [-0.1, -0.05) is 11.6 Å². The summed E-state index contributed by atoms with van der Waals surface area (Å²) in [6, 6.07) is 6.08. The molecule has 2 rings (SSSR count). The lowest BCUT2D eigenvalue weighted by molar-refractivity contribution is 0.594. The van der Waals surface area contributed by atoms with Gasteiger partial charge < -0.3 is 5.73 Å². The van der Waals surface area contributed by atoms with E-state index in [2.05, 4.69) is 4.98 Å². The van der Waals surface area contributed by atoms with Gasteiger partial charge in [0.15, 0.2) is 5.03 Å². The Morgan fingerprint density at radius 3 is 2.56 bits per heavy atom. The van der Waals surface area contributed by atoms with Crippen LogP contribution in [0.3, 0.4) is 0 Å². The van der Waals surface area contributed by atoms with Crippen LogP contribution in [0.1, 0.15) is 0 Å². The Morgan fingerprint density at radius 2 is 1.94 bits per heavy atom. The minimum absolute atomic E-state index is 0.264.